The van der Waals surface area contributed by atoms with E-state index in [-0.39, 0.29) is 31.2 Å². The Labute approximate surface area is 246 Å². The van der Waals surface area contributed by atoms with Gasteiger partial charge in [-0.3, -0.25) is 14.4 Å². The van der Waals surface area contributed by atoms with E-state index in [1.807, 2.05) is 103 Å². The number of fused-ring (bicyclic) bond motifs is 1. The van der Waals surface area contributed by atoms with Gasteiger partial charge >= 0.3 is 0 Å². The Balaban J connectivity index is 1.37. The molecule has 3 unspecified atom stereocenters. The van der Waals surface area contributed by atoms with E-state index >= 15 is 0 Å². The Morgan fingerprint density at radius 2 is 1.60 bits per heavy atom. The van der Waals surface area contributed by atoms with Crippen LogP contribution < -0.4 is 5.32 Å². The Morgan fingerprint density at radius 3 is 2.36 bits per heavy atom. The highest BCUT2D eigenvalue weighted by Gasteiger charge is 2.39. The number of aliphatic hydroxyl groups excluding tert-OH is 1. The zero-order chi connectivity index (χ0) is 29.5. The number of aliphatic hydroxyl groups is 1. The molecule has 1 fully saturated rings. The third kappa shape index (κ3) is 6.93. The van der Waals surface area contributed by atoms with Crippen LogP contribution in [0.3, 0.4) is 0 Å². The molecule has 5 rings (SSSR count). The summed E-state index contributed by atoms with van der Waals surface area (Å²) in [7, 11) is 1.72. The SMILES string of the molecule is CN(Cc1ccccc1)C(=O)C(Cc1cccc2ccccc12)NC(=O)C1CC(O)CN1C(=O)/C=C/c1ccccc1. The number of likely N-dealkylation sites (tertiary alicyclic amines) is 1. The van der Waals surface area contributed by atoms with Crippen molar-refractivity contribution in [2.75, 3.05) is 13.6 Å². The molecule has 7 nitrogen and oxygen atoms in total. The van der Waals surface area contributed by atoms with Crippen molar-refractivity contribution < 1.29 is 19.5 Å². The van der Waals surface area contributed by atoms with Crippen molar-refractivity contribution >= 4 is 34.6 Å². The fourth-order valence-corrected chi connectivity index (χ4v) is 5.49. The number of rotatable bonds is 9. The van der Waals surface area contributed by atoms with Crippen molar-refractivity contribution in [1.29, 1.82) is 0 Å². The van der Waals surface area contributed by atoms with E-state index in [0.29, 0.717) is 6.54 Å². The van der Waals surface area contributed by atoms with Crippen LogP contribution in [0.1, 0.15) is 23.1 Å². The highest BCUT2D eigenvalue weighted by atomic mass is 16.3. The molecular weight excluding hydrogens is 526 g/mol. The highest BCUT2D eigenvalue weighted by Crippen LogP contribution is 2.23. The summed E-state index contributed by atoms with van der Waals surface area (Å²) in [6, 6.07) is 31.2. The molecule has 0 saturated carbocycles. The van der Waals surface area contributed by atoms with Gasteiger partial charge in [-0.05, 0) is 33.5 Å². The number of carbonyl (C=O) groups excluding carboxylic acids is 3. The second-order valence-corrected chi connectivity index (χ2v) is 10.7. The summed E-state index contributed by atoms with van der Waals surface area (Å²) in [4.78, 5) is 43.7. The summed E-state index contributed by atoms with van der Waals surface area (Å²) in [6.07, 6.45) is 2.66. The summed E-state index contributed by atoms with van der Waals surface area (Å²) in [5.74, 6) is -1.06. The second kappa shape index (κ2) is 13.3. The summed E-state index contributed by atoms with van der Waals surface area (Å²) in [6.45, 7) is 0.435. The molecule has 1 aliphatic heterocycles. The minimum atomic E-state index is -0.893. The van der Waals surface area contributed by atoms with Crippen molar-refractivity contribution in [1.82, 2.24) is 15.1 Å². The van der Waals surface area contributed by atoms with Gasteiger partial charge in [0, 0.05) is 39.1 Å². The maximum Gasteiger partial charge on any atom is 0.247 e. The summed E-state index contributed by atoms with van der Waals surface area (Å²) < 4.78 is 0. The van der Waals surface area contributed by atoms with E-state index in [4.69, 9.17) is 0 Å². The molecule has 4 aromatic carbocycles. The molecule has 3 amide bonds. The maximum atomic E-state index is 13.8. The van der Waals surface area contributed by atoms with Gasteiger partial charge in [-0.2, -0.15) is 0 Å². The molecular formula is C35H35N3O4. The van der Waals surface area contributed by atoms with Gasteiger partial charge in [-0.1, -0.05) is 103 Å². The van der Waals surface area contributed by atoms with E-state index < -0.39 is 24.1 Å². The van der Waals surface area contributed by atoms with Gasteiger partial charge in [0.25, 0.3) is 0 Å². The quantitative estimate of drug-likeness (QED) is 0.300. The Bertz CT molecular complexity index is 1570. The number of nitrogens with one attached hydrogen (secondary N) is 1. The zero-order valence-electron chi connectivity index (χ0n) is 23.6. The van der Waals surface area contributed by atoms with Gasteiger partial charge in [0.1, 0.15) is 12.1 Å². The molecule has 214 valence electrons. The van der Waals surface area contributed by atoms with Crippen LogP contribution in [0, 0.1) is 0 Å². The minimum absolute atomic E-state index is 0.0475. The van der Waals surface area contributed by atoms with Gasteiger partial charge in [0.05, 0.1) is 6.10 Å². The lowest BCUT2D eigenvalue weighted by molar-refractivity contribution is -0.139. The number of β-amino-alcohol motifs (C(OH)–C–C–N with tert-alkyl or cyclic N) is 1. The molecule has 1 aliphatic rings. The van der Waals surface area contributed by atoms with Gasteiger partial charge in [-0.25, -0.2) is 0 Å². The molecule has 3 atom stereocenters. The van der Waals surface area contributed by atoms with Crippen LogP contribution in [0.15, 0.2) is 109 Å². The number of amides is 3. The molecule has 0 spiro atoms. The van der Waals surface area contributed by atoms with E-state index in [0.717, 1.165) is 27.5 Å². The van der Waals surface area contributed by atoms with Crippen LogP contribution in [0.2, 0.25) is 0 Å². The molecule has 0 aliphatic carbocycles. The average molecular weight is 562 g/mol. The smallest absolute Gasteiger partial charge is 0.247 e. The van der Waals surface area contributed by atoms with Crippen LogP contribution in [-0.4, -0.2) is 64.4 Å². The van der Waals surface area contributed by atoms with Crippen LogP contribution in [-0.2, 0) is 27.3 Å². The van der Waals surface area contributed by atoms with Gasteiger partial charge in [0.2, 0.25) is 17.7 Å². The van der Waals surface area contributed by atoms with E-state index in [9.17, 15) is 19.5 Å². The first-order valence-corrected chi connectivity index (χ1v) is 14.2. The largest absolute Gasteiger partial charge is 0.391 e. The predicted molar refractivity (Wildman–Crippen MR) is 164 cm³/mol. The molecule has 1 heterocycles. The average Bonchev–Trinajstić information content (AvgIpc) is 3.42. The Hall–Kier alpha value is -4.75. The van der Waals surface area contributed by atoms with Crippen molar-refractivity contribution in [3.63, 3.8) is 0 Å². The number of nitrogens with zero attached hydrogens (tertiary/aromatic N) is 2. The molecule has 42 heavy (non-hydrogen) atoms. The zero-order valence-corrected chi connectivity index (χ0v) is 23.6. The topological polar surface area (TPSA) is 89.9 Å². The molecule has 0 radical (unpaired) electrons. The molecule has 1 saturated heterocycles. The first-order chi connectivity index (χ1) is 20.4. The molecule has 4 aromatic rings. The van der Waals surface area contributed by atoms with Crippen LogP contribution in [0.4, 0.5) is 0 Å². The summed E-state index contributed by atoms with van der Waals surface area (Å²) in [5, 5.41) is 15.4. The number of hydrogen-bond donors (Lipinski definition) is 2. The van der Waals surface area contributed by atoms with Crippen LogP contribution in [0.25, 0.3) is 16.8 Å². The van der Waals surface area contributed by atoms with Crippen molar-refractivity contribution in [2.45, 2.75) is 37.6 Å². The van der Waals surface area contributed by atoms with E-state index in [1.165, 1.54) is 11.0 Å². The maximum absolute atomic E-state index is 13.8. The van der Waals surface area contributed by atoms with E-state index in [1.54, 1.807) is 18.0 Å². The minimum Gasteiger partial charge on any atom is -0.391 e. The number of benzene rings is 4. The predicted octanol–water partition coefficient (Wildman–Crippen LogP) is 4.20. The summed E-state index contributed by atoms with van der Waals surface area (Å²) in [5.41, 5.74) is 2.77. The van der Waals surface area contributed by atoms with Crippen molar-refractivity contribution in [3.05, 3.63) is 126 Å². The normalized spacial score (nSPS) is 17.3. The Morgan fingerprint density at radius 1 is 0.929 bits per heavy atom. The van der Waals surface area contributed by atoms with E-state index in [2.05, 4.69) is 5.32 Å². The molecule has 0 aromatic heterocycles. The fraction of sp³-hybridized carbons (Fsp3) is 0.229. The standard InChI is InChI=1S/C35H35N3O4/c1-37(23-26-13-6-3-7-14-26)35(42)31(21-28-17-10-16-27-15-8-9-18-30(27)28)36-34(41)32-22-29(39)24-38(32)33(40)20-19-25-11-4-2-5-12-25/h2-20,29,31-32,39H,21-24H2,1H3,(H,36,41)/b20-19+. The number of likely N-dealkylation sites (N-methyl/N-ethyl adjacent to an activating group) is 1. The first kappa shape index (κ1) is 28.8. The van der Waals surface area contributed by atoms with Crippen LogP contribution in [0.5, 0.6) is 0 Å². The lowest BCUT2D eigenvalue weighted by Crippen LogP contribution is -2.53. The van der Waals surface area contributed by atoms with Crippen LogP contribution >= 0.6 is 0 Å². The number of carbonyl (C=O) groups is 3. The summed E-state index contributed by atoms with van der Waals surface area (Å²) >= 11 is 0. The molecule has 7 heteroatoms. The molecule has 2 N–H and O–H groups in total. The van der Waals surface area contributed by atoms with Crippen molar-refractivity contribution in [2.24, 2.45) is 0 Å². The van der Waals surface area contributed by atoms with Gasteiger partial charge < -0.3 is 20.2 Å². The number of hydrogen-bond acceptors (Lipinski definition) is 4. The third-order valence-electron chi connectivity index (χ3n) is 7.64. The van der Waals surface area contributed by atoms with Gasteiger partial charge in [-0.15, -0.1) is 0 Å². The Kier molecular flexibility index (Phi) is 9.09. The monoisotopic (exact) mass is 561 g/mol. The first-order valence-electron chi connectivity index (χ1n) is 14.2. The molecule has 0 bridgehead atoms. The van der Waals surface area contributed by atoms with Gasteiger partial charge in [0.15, 0.2) is 0 Å². The third-order valence-corrected chi connectivity index (χ3v) is 7.64. The highest BCUT2D eigenvalue weighted by molar-refractivity contribution is 5.97. The lowest BCUT2D eigenvalue weighted by atomic mass is 9.97. The van der Waals surface area contributed by atoms with Crippen molar-refractivity contribution in [3.8, 4) is 0 Å². The fourth-order valence-electron chi connectivity index (χ4n) is 5.49. The second-order valence-electron chi connectivity index (χ2n) is 10.7. The lowest BCUT2D eigenvalue weighted by Gasteiger charge is -2.28.